The third-order valence-electron chi connectivity index (χ3n) is 3.22. The van der Waals surface area contributed by atoms with Crippen molar-refractivity contribution in [3.05, 3.63) is 102 Å². The van der Waals surface area contributed by atoms with Crippen LogP contribution in [0.2, 0.25) is 20.1 Å². The van der Waals surface area contributed by atoms with Gasteiger partial charge in [-0.1, -0.05) is 98.7 Å². The lowest BCUT2D eigenvalue weighted by Crippen LogP contribution is -1.80. The first-order chi connectivity index (χ1) is 13.8. The van der Waals surface area contributed by atoms with Crippen LogP contribution in [0.4, 0.5) is 0 Å². The molecule has 0 amide bonds. The lowest BCUT2D eigenvalue weighted by molar-refractivity contribution is 0.111. The van der Waals surface area contributed by atoms with Crippen LogP contribution in [0, 0.1) is 0 Å². The molecule has 150 valence electrons. The molecule has 0 radical (unpaired) electrons. The van der Waals surface area contributed by atoms with E-state index in [2.05, 4.69) is 15.9 Å². The van der Waals surface area contributed by atoms with Crippen molar-refractivity contribution in [1.29, 1.82) is 0 Å². The Balaban J connectivity index is 0.000000218. The summed E-state index contributed by atoms with van der Waals surface area (Å²) < 4.78 is 0.847. The summed E-state index contributed by atoms with van der Waals surface area (Å²) in [4.78, 5) is 30.6. The average Bonchev–Trinajstić information content (AvgIpc) is 2.73. The van der Waals surface area contributed by atoms with E-state index >= 15 is 0 Å². The maximum Gasteiger partial charge on any atom is 0.151 e. The van der Waals surface area contributed by atoms with Crippen LogP contribution in [0.1, 0.15) is 31.1 Å². The molecule has 0 saturated heterocycles. The molecule has 0 unspecified atom stereocenters. The Labute approximate surface area is 196 Å². The predicted molar refractivity (Wildman–Crippen MR) is 123 cm³/mol. The molecule has 0 aliphatic rings. The van der Waals surface area contributed by atoms with Crippen LogP contribution in [0.5, 0.6) is 0 Å². The third-order valence-corrected chi connectivity index (χ3v) is 5.52. The van der Waals surface area contributed by atoms with E-state index in [9.17, 15) is 14.4 Å². The highest BCUT2D eigenvalue weighted by Gasteiger charge is 2.01. The molecule has 0 bridgehead atoms. The zero-order chi connectivity index (χ0) is 21.8. The Morgan fingerprint density at radius 1 is 0.621 bits per heavy atom. The van der Waals surface area contributed by atoms with Gasteiger partial charge in [-0.05, 0) is 24.3 Å². The van der Waals surface area contributed by atoms with Gasteiger partial charge in [-0.2, -0.15) is 0 Å². The van der Waals surface area contributed by atoms with Crippen LogP contribution in [0.25, 0.3) is 0 Å². The highest BCUT2D eigenvalue weighted by Crippen LogP contribution is 2.24. The van der Waals surface area contributed by atoms with Crippen LogP contribution in [0.3, 0.4) is 0 Å². The minimum atomic E-state index is 0.319. The normalized spacial score (nSPS) is 9.28. The molecule has 0 heterocycles. The maximum absolute atomic E-state index is 10.2. The van der Waals surface area contributed by atoms with Gasteiger partial charge in [0.2, 0.25) is 0 Å². The van der Waals surface area contributed by atoms with E-state index in [-0.39, 0.29) is 0 Å². The first-order valence-electron chi connectivity index (χ1n) is 7.83. The molecule has 0 spiro atoms. The summed E-state index contributed by atoms with van der Waals surface area (Å²) in [5.74, 6) is 0. The van der Waals surface area contributed by atoms with Crippen molar-refractivity contribution in [3.8, 4) is 0 Å². The Hall–Kier alpha value is -1.69. The van der Waals surface area contributed by atoms with E-state index in [1.807, 2.05) is 18.2 Å². The smallest absolute Gasteiger partial charge is 0.151 e. The monoisotopic (exact) mass is 532 g/mol. The molecule has 0 atom stereocenters. The molecule has 29 heavy (non-hydrogen) atoms. The van der Waals surface area contributed by atoms with Crippen molar-refractivity contribution >= 4 is 81.2 Å². The number of hydrogen-bond donors (Lipinski definition) is 0. The van der Waals surface area contributed by atoms with Crippen LogP contribution < -0.4 is 0 Å². The number of rotatable bonds is 3. The fraction of sp³-hybridized carbons (Fsp3) is 0. The van der Waals surface area contributed by atoms with Crippen molar-refractivity contribution in [1.82, 2.24) is 0 Å². The third kappa shape index (κ3) is 8.69. The second kappa shape index (κ2) is 13.5. The molecule has 3 aromatic carbocycles. The lowest BCUT2D eigenvalue weighted by atomic mass is 10.2. The van der Waals surface area contributed by atoms with Crippen molar-refractivity contribution in [2.45, 2.75) is 0 Å². The van der Waals surface area contributed by atoms with Gasteiger partial charge in [0.15, 0.2) is 12.6 Å². The molecule has 0 aliphatic carbocycles. The fourth-order valence-electron chi connectivity index (χ4n) is 1.77. The van der Waals surface area contributed by atoms with Gasteiger partial charge in [0, 0.05) is 21.2 Å². The molecule has 0 saturated carbocycles. The van der Waals surface area contributed by atoms with Gasteiger partial charge in [0.25, 0.3) is 0 Å². The van der Waals surface area contributed by atoms with Gasteiger partial charge < -0.3 is 0 Å². The molecular weight excluding hydrogens is 522 g/mol. The zero-order valence-corrected chi connectivity index (χ0v) is 19.2. The van der Waals surface area contributed by atoms with Gasteiger partial charge in [-0.25, -0.2) is 0 Å². The fourth-order valence-corrected chi connectivity index (χ4v) is 2.81. The van der Waals surface area contributed by atoms with E-state index in [4.69, 9.17) is 46.4 Å². The van der Waals surface area contributed by atoms with Crippen LogP contribution >= 0.6 is 62.3 Å². The summed E-state index contributed by atoms with van der Waals surface area (Å²) in [5, 5.41) is 1.60. The molecule has 3 nitrogen and oxygen atoms in total. The predicted octanol–water partition coefficient (Wildman–Crippen LogP) is 7.87. The minimum absolute atomic E-state index is 0.319. The molecule has 3 aromatic rings. The SMILES string of the molecule is O=Cc1ccc(Cl)c(Cl)c1.O=Cc1cccc(Cl)c1Cl.O=Cc1ccccc1Br. The maximum atomic E-state index is 10.2. The van der Waals surface area contributed by atoms with Crippen LogP contribution in [-0.4, -0.2) is 18.9 Å². The Kier molecular flexibility index (Phi) is 11.8. The van der Waals surface area contributed by atoms with Crippen molar-refractivity contribution in [2.24, 2.45) is 0 Å². The Morgan fingerprint density at radius 3 is 1.72 bits per heavy atom. The molecular formula is C21H13BrCl4O3. The molecule has 8 heteroatoms. The first-order valence-corrected chi connectivity index (χ1v) is 10.1. The molecule has 0 aliphatic heterocycles. The highest BCUT2D eigenvalue weighted by atomic mass is 79.9. The summed E-state index contributed by atoms with van der Waals surface area (Å²) >= 11 is 25.6. The summed E-state index contributed by atoms with van der Waals surface area (Å²) in [6, 6.07) is 17.0. The van der Waals surface area contributed by atoms with Gasteiger partial charge in [0.05, 0.1) is 20.1 Å². The number of carbonyl (C=O) groups excluding carboxylic acids is 3. The standard InChI is InChI=1S/C7H5BrO.2C7H4Cl2O/c8-7-4-2-1-3-6(7)5-9;8-6-2-1-5(4-10)3-7(6)9;8-6-3-1-2-5(4-10)7(6)9/h1-5H;2*1-4H. The highest BCUT2D eigenvalue weighted by molar-refractivity contribution is 9.10. The number of hydrogen-bond acceptors (Lipinski definition) is 3. The van der Waals surface area contributed by atoms with Crippen LogP contribution in [0.15, 0.2) is 65.1 Å². The first kappa shape index (κ1) is 25.3. The second-order valence-corrected chi connectivity index (χ2v) is 7.65. The van der Waals surface area contributed by atoms with Crippen molar-refractivity contribution in [2.75, 3.05) is 0 Å². The van der Waals surface area contributed by atoms with Crippen LogP contribution in [-0.2, 0) is 0 Å². The van der Waals surface area contributed by atoms with Gasteiger partial charge in [-0.3, -0.25) is 14.4 Å². The minimum Gasteiger partial charge on any atom is -0.298 e. The molecule has 0 aromatic heterocycles. The molecule has 0 fully saturated rings. The molecule has 0 N–H and O–H groups in total. The number of carbonyl (C=O) groups is 3. The quantitative estimate of drug-likeness (QED) is 0.321. The van der Waals surface area contributed by atoms with Crippen molar-refractivity contribution in [3.63, 3.8) is 0 Å². The van der Waals surface area contributed by atoms with Gasteiger partial charge in [-0.15, -0.1) is 0 Å². The topological polar surface area (TPSA) is 51.2 Å². The molecule has 3 rings (SSSR count). The number of benzene rings is 3. The summed E-state index contributed by atoms with van der Waals surface area (Å²) in [5.41, 5.74) is 1.65. The van der Waals surface area contributed by atoms with Gasteiger partial charge in [0.1, 0.15) is 6.29 Å². The van der Waals surface area contributed by atoms with E-state index < -0.39 is 0 Å². The summed E-state index contributed by atoms with van der Waals surface area (Å²) in [6.45, 7) is 0. The summed E-state index contributed by atoms with van der Waals surface area (Å²) in [6.07, 6.45) is 2.22. The van der Waals surface area contributed by atoms with Crippen molar-refractivity contribution < 1.29 is 14.4 Å². The van der Waals surface area contributed by atoms with E-state index in [0.717, 1.165) is 17.0 Å². The van der Waals surface area contributed by atoms with E-state index in [0.29, 0.717) is 43.1 Å². The summed E-state index contributed by atoms with van der Waals surface area (Å²) in [7, 11) is 0. The zero-order valence-electron chi connectivity index (χ0n) is 14.6. The second-order valence-electron chi connectivity index (χ2n) is 5.19. The number of halogens is 5. The largest absolute Gasteiger partial charge is 0.298 e. The number of aldehydes is 3. The lowest BCUT2D eigenvalue weighted by Gasteiger charge is -1.95. The van der Waals surface area contributed by atoms with E-state index in [1.165, 1.54) is 6.07 Å². The average molecular weight is 535 g/mol. The Morgan fingerprint density at radius 2 is 1.24 bits per heavy atom. The van der Waals surface area contributed by atoms with E-state index in [1.54, 1.807) is 36.4 Å². The Bertz CT molecular complexity index is 993. The van der Waals surface area contributed by atoms with Gasteiger partial charge >= 0.3 is 0 Å².